The van der Waals surface area contributed by atoms with Crippen LogP contribution in [-0.2, 0) is 10.0 Å². The van der Waals surface area contributed by atoms with Gasteiger partial charge in [-0.3, -0.25) is 4.79 Å². The van der Waals surface area contributed by atoms with Crippen LogP contribution >= 0.6 is 23.2 Å². The first kappa shape index (κ1) is 16.5. The van der Waals surface area contributed by atoms with Gasteiger partial charge >= 0.3 is 0 Å². The van der Waals surface area contributed by atoms with Crippen molar-refractivity contribution in [3.8, 4) is 0 Å². The molecule has 1 aliphatic rings. The third-order valence-electron chi connectivity index (χ3n) is 3.28. The highest BCUT2D eigenvalue weighted by Crippen LogP contribution is 2.20. The second kappa shape index (κ2) is 6.96. The molecule has 21 heavy (non-hydrogen) atoms. The van der Waals surface area contributed by atoms with E-state index >= 15 is 0 Å². The van der Waals surface area contributed by atoms with Crippen molar-refractivity contribution in [1.82, 2.24) is 9.62 Å². The zero-order chi connectivity index (χ0) is 15.5. The lowest BCUT2D eigenvalue weighted by atomic mass is 10.2. The fraction of sp³-hybridized carbons (Fsp3) is 0.462. The molecule has 8 heteroatoms. The molecule has 0 aromatic heterocycles. The molecule has 0 aliphatic carbocycles. The minimum Gasteiger partial charge on any atom is -0.351 e. The number of hydrogen-bond donors (Lipinski definition) is 1. The van der Waals surface area contributed by atoms with Crippen molar-refractivity contribution in [3.05, 3.63) is 33.8 Å². The molecular formula is C13H16Cl2N2O3S. The van der Waals surface area contributed by atoms with Crippen LogP contribution in [0.25, 0.3) is 0 Å². The molecule has 0 spiro atoms. The molecule has 1 aromatic carbocycles. The number of hydrogen-bond acceptors (Lipinski definition) is 3. The molecule has 116 valence electrons. The van der Waals surface area contributed by atoms with Gasteiger partial charge in [0.15, 0.2) is 0 Å². The minimum atomic E-state index is -3.29. The van der Waals surface area contributed by atoms with Gasteiger partial charge in [0, 0.05) is 24.7 Å². The van der Waals surface area contributed by atoms with E-state index in [-0.39, 0.29) is 22.9 Å². The summed E-state index contributed by atoms with van der Waals surface area (Å²) in [6.07, 6.45) is 1.79. The van der Waals surface area contributed by atoms with Crippen LogP contribution in [0.15, 0.2) is 18.2 Å². The molecular weight excluding hydrogens is 335 g/mol. The average Bonchev–Trinajstić information content (AvgIpc) is 2.92. The molecule has 2 rings (SSSR count). The lowest BCUT2D eigenvalue weighted by Gasteiger charge is -2.15. The van der Waals surface area contributed by atoms with Gasteiger partial charge in [0.05, 0.1) is 16.3 Å². The Bertz CT molecular complexity index is 628. The maximum absolute atomic E-state index is 12.0. The molecule has 1 saturated heterocycles. The van der Waals surface area contributed by atoms with E-state index < -0.39 is 15.9 Å². The highest BCUT2D eigenvalue weighted by Gasteiger charge is 2.25. The number of nitrogens with one attached hydrogen (secondary N) is 1. The summed E-state index contributed by atoms with van der Waals surface area (Å²) in [7, 11) is -3.29. The summed E-state index contributed by atoms with van der Waals surface area (Å²) in [5, 5.41) is 3.24. The van der Waals surface area contributed by atoms with Gasteiger partial charge in [-0.2, -0.15) is 0 Å². The number of halogens is 2. The molecule has 1 aliphatic heterocycles. The lowest BCUT2D eigenvalue weighted by molar-refractivity contribution is 0.0956. The van der Waals surface area contributed by atoms with Gasteiger partial charge in [-0.05, 0) is 31.0 Å². The van der Waals surface area contributed by atoms with E-state index in [2.05, 4.69) is 5.32 Å². The van der Waals surface area contributed by atoms with Gasteiger partial charge in [-0.15, -0.1) is 0 Å². The zero-order valence-electron chi connectivity index (χ0n) is 11.3. The molecule has 1 heterocycles. The van der Waals surface area contributed by atoms with E-state index in [0.717, 1.165) is 12.8 Å². The number of amides is 1. The van der Waals surface area contributed by atoms with Gasteiger partial charge in [0.25, 0.3) is 5.91 Å². The normalized spacial score (nSPS) is 16.1. The number of carbonyl (C=O) groups excluding carboxylic acids is 1. The van der Waals surface area contributed by atoms with E-state index in [1.54, 1.807) is 6.07 Å². The fourth-order valence-corrected chi connectivity index (χ4v) is 4.08. The van der Waals surface area contributed by atoms with E-state index in [1.807, 2.05) is 0 Å². The predicted molar refractivity (Wildman–Crippen MR) is 83.4 cm³/mol. The largest absolute Gasteiger partial charge is 0.351 e. The Balaban J connectivity index is 1.89. The highest BCUT2D eigenvalue weighted by molar-refractivity contribution is 7.89. The van der Waals surface area contributed by atoms with Crippen molar-refractivity contribution in [2.24, 2.45) is 0 Å². The maximum atomic E-state index is 12.0. The van der Waals surface area contributed by atoms with Gasteiger partial charge in [0.1, 0.15) is 0 Å². The molecule has 0 saturated carbocycles. The fourth-order valence-electron chi connectivity index (χ4n) is 2.16. The number of rotatable bonds is 5. The molecule has 1 fully saturated rings. The summed E-state index contributed by atoms with van der Waals surface area (Å²) in [4.78, 5) is 11.9. The second-order valence-corrected chi connectivity index (χ2v) is 7.73. The van der Waals surface area contributed by atoms with Crippen LogP contribution in [-0.4, -0.2) is 44.0 Å². The average molecular weight is 351 g/mol. The molecule has 0 atom stereocenters. The van der Waals surface area contributed by atoms with Crippen molar-refractivity contribution >= 4 is 39.1 Å². The van der Waals surface area contributed by atoms with Gasteiger partial charge < -0.3 is 5.32 Å². The molecule has 0 unspecified atom stereocenters. The quantitative estimate of drug-likeness (QED) is 0.884. The third kappa shape index (κ3) is 4.32. The summed E-state index contributed by atoms with van der Waals surface area (Å²) in [6.45, 7) is 1.19. The SMILES string of the molecule is O=C(NCCS(=O)(=O)N1CCCC1)c1ccc(Cl)cc1Cl. The third-order valence-corrected chi connectivity index (χ3v) is 5.70. The minimum absolute atomic E-state index is 0.0522. The predicted octanol–water partition coefficient (Wildman–Crippen LogP) is 2.15. The molecule has 1 N–H and O–H groups in total. The number of sulfonamides is 1. The molecule has 0 radical (unpaired) electrons. The van der Waals surface area contributed by atoms with E-state index in [0.29, 0.717) is 18.1 Å². The van der Waals surface area contributed by atoms with Crippen molar-refractivity contribution in [2.45, 2.75) is 12.8 Å². The number of carbonyl (C=O) groups is 1. The Hall–Kier alpha value is -0.820. The first-order valence-electron chi connectivity index (χ1n) is 6.61. The summed E-state index contributed by atoms with van der Waals surface area (Å²) >= 11 is 11.7. The molecule has 1 aromatic rings. The Morgan fingerprint density at radius 1 is 1.24 bits per heavy atom. The Kier molecular flexibility index (Phi) is 5.48. The van der Waals surface area contributed by atoms with E-state index in [9.17, 15) is 13.2 Å². The van der Waals surface area contributed by atoms with Gasteiger partial charge in [0.2, 0.25) is 10.0 Å². The van der Waals surface area contributed by atoms with Crippen LogP contribution in [0.3, 0.4) is 0 Å². The van der Waals surface area contributed by atoms with Crippen molar-refractivity contribution < 1.29 is 13.2 Å². The standard InChI is InChI=1S/C13H16Cl2N2O3S/c14-10-3-4-11(12(15)9-10)13(18)16-5-8-21(19,20)17-6-1-2-7-17/h3-4,9H,1-2,5-8H2,(H,16,18). The van der Waals surface area contributed by atoms with E-state index in [4.69, 9.17) is 23.2 Å². The maximum Gasteiger partial charge on any atom is 0.252 e. The highest BCUT2D eigenvalue weighted by atomic mass is 35.5. The van der Waals surface area contributed by atoms with Crippen LogP contribution in [0.2, 0.25) is 10.0 Å². The van der Waals surface area contributed by atoms with Crippen molar-refractivity contribution in [1.29, 1.82) is 0 Å². The van der Waals surface area contributed by atoms with Crippen LogP contribution in [0.1, 0.15) is 23.2 Å². The molecule has 1 amide bonds. The second-order valence-electron chi connectivity index (χ2n) is 4.80. The zero-order valence-corrected chi connectivity index (χ0v) is 13.6. The summed E-state index contributed by atoms with van der Waals surface area (Å²) in [5.41, 5.74) is 0.277. The topological polar surface area (TPSA) is 66.5 Å². The summed E-state index contributed by atoms with van der Waals surface area (Å²) in [5.74, 6) is -0.516. The molecule has 0 bridgehead atoms. The van der Waals surface area contributed by atoms with Crippen LogP contribution in [0.5, 0.6) is 0 Å². The van der Waals surface area contributed by atoms with Crippen LogP contribution in [0, 0.1) is 0 Å². The van der Waals surface area contributed by atoms with Gasteiger partial charge in [-0.1, -0.05) is 23.2 Å². The van der Waals surface area contributed by atoms with E-state index in [1.165, 1.54) is 16.4 Å². The lowest BCUT2D eigenvalue weighted by Crippen LogP contribution is -2.36. The van der Waals surface area contributed by atoms with Crippen molar-refractivity contribution in [2.75, 3.05) is 25.4 Å². The first-order valence-corrected chi connectivity index (χ1v) is 8.98. The van der Waals surface area contributed by atoms with Crippen LogP contribution < -0.4 is 5.32 Å². The van der Waals surface area contributed by atoms with Gasteiger partial charge in [-0.25, -0.2) is 12.7 Å². The smallest absolute Gasteiger partial charge is 0.252 e. The summed E-state index contributed by atoms with van der Waals surface area (Å²) in [6, 6.07) is 4.54. The number of benzene rings is 1. The summed E-state index contributed by atoms with van der Waals surface area (Å²) < 4.78 is 25.5. The molecule has 5 nitrogen and oxygen atoms in total. The van der Waals surface area contributed by atoms with Crippen LogP contribution in [0.4, 0.5) is 0 Å². The number of nitrogens with zero attached hydrogens (tertiary/aromatic N) is 1. The Morgan fingerprint density at radius 3 is 2.52 bits per heavy atom. The monoisotopic (exact) mass is 350 g/mol. The first-order chi connectivity index (χ1) is 9.90. The van der Waals surface area contributed by atoms with Crippen molar-refractivity contribution in [3.63, 3.8) is 0 Å². The Labute approximate surface area is 134 Å². The Morgan fingerprint density at radius 2 is 1.90 bits per heavy atom.